The van der Waals surface area contributed by atoms with E-state index in [2.05, 4.69) is 0 Å². The van der Waals surface area contributed by atoms with Gasteiger partial charge in [0.15, 0.2) is 0 Å². The molecule has 0 aliphatic carbocycles. The topological polar surface area (TPSA) is 132 Å². The third kappa shape index (κ3) is 101. The molecule has 0 aromatic heterocycles. The van der Waals surface area contributed by atoms with Crippen molar-refractivity contribution >= 4 is 5.97 Å². The summed E-state index contributed by atoms with van der Waals surface area (Å²) in [6, 6.07) is 0. The summed E-state index contributed by atoms with van der Waals surface area (Å²) in [4.78, 5) is 9.26. The number of carbonyl (C=O) groups is 1. The first kappa shape index (κ1) is 23.4. The van der Waals surface area contributed by atoms with E-state index in [-0.39, 0.29) is 65.5 Å². The van der Waals surface area contributed by atoms with Gasteiger partial charge in [0, 0.05) is 5.97 Å². The maximum absolute atomic E-state index is 9.26. The number of rotatable bonds is 1. The summed E-state index contributed by atoms with van der Waals surface area (Å²) >= 11 is 0. The van der Waals surface area contributed by atoms with Gasteiger partial charge < -0.3 is 9.90 Å². The molecule has 62 valence electrons. The molecule has 0 atom stereocenters. The second-order valence-corrected chi connectivity index (χ2v) is 1.86. The number of hydrogen-bond acceptors (Lipinski definition) is 6. The van der Waals surface area contributed by atoms with E-state index in [0.29, 0.717) is 0 Å². The monoisotopic (exact) mass is 218 g/mol. The van der Waals surface area contributed by atoms with Gasteiger partial charge in [-0.3, -0.25) is 0 Å². The van der Waals surface area contributed by atoms with Crippen molar-refractivity contribution in [2.45, 2.75) is 13.3 Å². The van der Waals surface area contributed by atoms with Crippen molar-refractivity contribution in [1.82, 2.24) is 0 Å². The Morgan fingerprint density at radius 1 is 1.17 bits per heavy atom. The van der Waals surface area contributed by atoms with Crippen LogP contribution in [0.4, 0.5) is 0 Å². The molecule has 0 aliphatic heterocycles. The predicted octanol–water partition coefficient (Wildman–Crippen LogP) is -11.6. The van der Waals surface area contributed by atoms with Crippen molar-refractivity contribution in [2.75, 3.05) is 0 Å². The average molecular weight is 218 g/mol. The maximum atomic E-state index is 9.26. The van der Waals surface area contributed by atoms with E-state index in [9.17, 15) is 9.90 Å². The molecule has 0 fully saturated rings. The van der Waals surface area contributed by atoms with Crippen LogP contribution in [0.3, 0.4) is 0 Å². The van der Waals surface area contributed by atoms with Gasteiger partial charge in [0.2, 0.25) is 0 Å². The van der Waals surface area contributed by atoms with Crippen LogP contribution < -0.4 is 82.9 Å². The zero-order valence-corrected chi connectivity index (χ0v) is 11.8. The second kappa shape index (κ2) is 12.6. The molecular weight excluding hydrogens is 213 g/mol. The SMILES string of the molecule is CCC(=O)[O-].[Na+].[Na+].[O-][Cl+3]([O-])([O-])[O-]. The van der Waals surface area contributed by atoms with Crippen LogP contribution in [0.15, 0.2) is 0 Å². The van der Waals surface area contributed by atoms with Crippen LogP contribution in [0.5, 0.6) is 0 Å². The summed E-state index contributed by atoms with van der Waals surface area (Å²) in [6.45, 7) is 1.54. The van der Waals surface area contributed by atoms with Gasteiger partial charge in [-0.05, 0) is 6.42 Å². The molecule has 0 rings (SSSR count). The zero-order chi connectivity index (χ0) is 8.78. The fourth-order valence-corrected chi connectivity index (χ4v) is 0. The Bertz CT molecular complexity index is 97.5. The largest absolute Gasteiger partial charge is 1.00 e. The van der Waals surface area contributed by atoms with E-state index in [0.717, 1.165) is 0 Å². The molecule has 0 spiro atoms. The normalized spacial score (nSPS) is 8.08. The molecule has 0 aromatic rings. The minimum absolute atomic E-state index is 0. The molecule has 0 bridgehead atoms. The third-order valence-electron chi connectivity index (χ3n) is 0.289. The van der Waals surface area contributed by atoms with E-state index < -0.39 is 16.2 Å². The Labute approximate surface area is 116 Å². The van der Waals surface area contributed by atoms with E-state index in [1.165, 1.54) is 6.92 Å². The summed E-state index contributed by atoms with van der Waals surface area (Å²) < 4.78 is 34.0. The third-order valence-corrected chi connectivity index (χ3v) is 0.289. The first-order valence-electron chi connectivity index (χ1n) is 2.09. The number of carboxylic acids is 1. The van der Waals surface area contributed by atoms with Crippen molar-refractivity contribution in [3.8, 4) is 0 Å². The fraction of sp³-hybridized carbons (Fsp3) is 0.667. The van der Waals surface area contributed by atoms with Crippen molar-refractivity contribution in [1.29, 1.82) is 0 Å². The minimum Gasteiger partial charge on any atom is -0.550 e. The Hall–Kier alpha value is 1.60. The Morgan fingerprint density at radius 3 is 1.25 bits per heavy atom. The number of aliphatic carboxylic acids is 1. The van der Waals surface area contributed by atoms with Gasteiger partial charge in [0.05, 0.1) is 0 Å². The van der Waals surface area contributed by atoms with Crippen LogP contribution in [0.25, 0.3) is 0 Å². The molecule has 0 saturated heterocycles. The molecule has 0 unspecified atom stereocenters. The molecular formula is C3H5ClNa2O6. The number of halogens is 1. The van der Waals surface area contributed by atoms with Gasteiger partial charge in [-0.25, -0.2) is 18.6 Å². The molecule has 12 heavy (non-hydrogen) atoms. The van der Waals surface area contributed by atoms with Crippen LogP contribution in [0.2, 0.25) is 0 Å². The standard InChI is InChI=1S/C3H6O2.ClHO4.2Na/c1-2-3(4)5;2-1(3,4)5;;/h2H2,1H3,(H,4,5);(H,2,3,4,5);;/q;;2*+1/p-2. The van der Waals surface area contributed by atoms with Gasteiger partial charge in [-0.15, -0.1) is 10.2 Å². The predicted molar refractivity (Wildman–Crippen MR) is 15.3 cm³/mol. The minimum atomic E-state index is -4.94. The maximum Gasteiger partial charge on any atom is 1.00 e. The molecule has 9 heteroatoms. The van der Waals surface area contributed by atoms with Crippen molar-refractivity contribution in [3.63, 3.8) is 0 Å². The Kier molecular flexibility index (Phi) is 24.6. The number of carboxylic acid groups (broad SMARTS) is 1. The van der Waals surface area contributed by atoms with Gasteiger partial charge >= 0.3 is 59.1 Å². The van der Waals surface area contributed by atoms with Crippen molar-refractivity contribution in [3.05, 3.63) is 0 Å². The molecule has 6 nitrogen and oxygen atoms in total. The van der Waals surface area contributed by atoms with Crippen molar-refractivity contribution < 1.29 is 97.9 Å². The molecule has 0 heterocycles. The average Bonchev–Trinajstić information content (AvgIpc) is 1.61. The van der Waals surface area contributed by atoms with E-state index >= 15 is 0 Å². The van der Waals surface area contributed by atoms with Gasteiger partial charge in [-0.2, -0.15) is 0 Å². The van der Waals surface area contributed by atoms with Crippen LogP contribution in [-0.4, -0.2) is 5.97 Å². The summed E-state index contributed by atoms with van der Waals surface area (Å²) in [7, 11) is -4.94. The Balaban J connectivity index is -0.0000000457. The van der Waals surface area contributed by atoms with Gasteiger partial charge in [0.25, 0.3) is 0 Å². The summed E-state index contributed by atoms with van der Waals surface area (Å²) in [5.74, 6) is -0.995. The van der Waals surface area contributed by atoms with Gasteiger partial charge in [-0.1, -0.05) is 6.92 Å². The number of carbonyl (C=O) groups excluding carboxylic acids is 1. The molecule has 0 amide bonds. The summed E-state index contributed by atoms with van der Waals surface area (Å²) in [5.41, 5.74) is 0. The second-order valence-electron chi connectivity index (χ2n) is 1.10. The zero-order valence-electron chi connectivity index (χ0n) is 7.03. The Morgan fingerprint density at radius 2 is 1.25 bits per heavy atom. The molecule has 0 aliphatic rings. The molecule has 0 radical (unpaired) electrons. The van der Waals surface area contributed by atoms with E-state index in [4.69, 9.17) is 18.6 Å². The fourth-order valence-electron chi connectivity index (χ4n) is 0. The first-order chi connectivity index (χ1) is 4.27. The summed E-state index contributed by atoms with van der Waals surface area (Å²) in [5, 5.41) is 9.26. The van der Waals surface area contributed by atoms with Crippen LogP contribution in [0.1, 0.15) is 13.3 Å². The van der Waals surface area contributed by atoms with Crippen LogP contribution >= 0.6 is 0 Å². The first-order valence-corrected chi connectivity index (χ1v) is 3.32. The molecule has 0 aromatic carbocycles. The summed E-state index contributed by atoms with van der Waals surface area (Å²) in [6.07, 6.45) is 0.111. The number of hydrogen-bond donors (Lipinski definition) is 0. The quantitative estimate of drug-likeness (QED) is 0.401. The van der Waals surface area contributed by atoms with Crippen molar-refractivity contribution in [2.24, 2.45) is 0 Å². The van der Waals surface area contributed by atoms with Gasteiger partial charge in [0.1, 0.15) is 0 Å². The molecule has 0 saturated carbocycles. The van der Waals surface area contributed by atoms with Crippen LogP contribution in [-0.2, 0) is 4.79 Å². The van der Waals surface area contributed by atoms with E-state index in [1.54, 1.807) is 0 Å². The smallest absolute Gasteiger partial charge is 0.550 e. The molecule has 0 N–H and O–H groups in total. The van der Waals surface area contributed by atoms with Crippen LogP contribution in [0, 0.1) is 10.2 Å². The van der Waals surface area contributed by atoms with E-state index in [1.807, 2.05) is 0 Å².